The van der Waals surface area contributed by atoms with Gasteiger partial charge in [0.05, 0.1) is 5.92 Å². The van der Waals surface area contributed by atoms with Crippen molar-refractivity contribution in [2.45, 2.75) is 19.8 Å². The molecule has 0 bridgehead atoms. The Hall–Kier alpha value is -1.81. The van der Waals surface area contributed by atoms with Gasteiger partial charge in [-0.15, -0.1) is 0 Å². The predicted molar refractivity (Wildman–Crippen MR) is 85.4 cm³/mol. The highest BCUT2D eigenvalue weighted by molar-refractivity contribution is 5.87. The third kappa shape index (κ3) is 2.81. The van der Waals surface area contributed by atoms with E-state index >= 15 is 0 Å². The zero-order chi connectivity index (χ0) is 14.8. The lowest BCUT2D eigenvalue weighted by atomic mass is 10.1. The molecular weight excluding hydrogens is 262 g/mol. The number of aromatic nitrogens is 1. The molecule has 21 heavy (non-hydrogen) atoms. The minimum absolute atomic E-state index is 0.106. The molecule has 3 rings (SSSR count). The molecule has 1 saturated heterocycles. The van der Waals surface area contributed by atoms with Crippen LogP contribution in [0.2, 0.25) is 0 Å². The van der Waals surface area contributed by atoms with E-state index in [9.17, 15) is 4.79 Å². The van der Waals surface area contributed by atoms with E-state index in [0.717, 1.165) is 43.9 Å². The normalized spacial score (nSPS) is 18.1. The number of para-hydroxylation sites is 1. The first-order chi connectivity index (χ1) is 10.2. The Morgan fingerprint density at radius 1 is 1.24 bits per heavy atom. The van der Waals surface area contributed by atoms with E-state index in [1.54, 1.807) is 0 Å². The Morgan fingerprint density at radius 2 is 1.95 bits per heavy atom. The maximum Gasteiger partial charge on any atom is 0.231 e. The summed E-state index contributed by atoms with van der Waals surface area (Å²) in [5.41, 5.74) is 2.11. The quantitative estimate of drug-likeness (QED) is 0.941. The van der Waals surface area contributed by atoms with E-state index in [1.807, 2.05) is 24.0 Å². The van der Waals surface area contributed by atoms with Crippen molar-refractivity contribution in [1.29, 1.82) is 0 Å². The molecule has 1 aromatic carbocycles. The largest absolute Gasteiger partial charge is 0.358 e. The van der Waals surface area contributed by atoms with E-state index in [4.69, 9.17) is 0 Å². The van der Waals surface area contributed by atoms with E-state index < -0.39 is 0 Å². The number of H-pyrrole nitrogens is 1. The molecule has 0 saturated carbocycles. The summed E-state index contributed by atoms with van der Waals surface area (Å²) >= 11 is 0. The summed E-state index contributed by atoms with van der Waals surface area (Å²) in [6.45, 7) is 8.90. The Bertz CT molecular complexity index is 593. The molecule has 1 aliphatic rings. The smallest absolute Gasteiger partial charge is 0.231 e. The molecule has 0 radical (unpaired) electrons. The number of piperazine rings is 1. The number of nitrogens with zero attached hydrogens (tertiary/aromatic N) is 2. The maximum absolute atomic E-state index is 12.7. The van der Waals surface area contributed by atoms with Crippen LogP contribution in [0.25, 0.3) is 10.9 Å². The van der Waals surface area contributed by atoms with Gasteiger partial charge in [0.2, 0.25) is 5.91 Å². The van der Waals surface area contributed by atoms with Gasteiger partial charge in [0.15, 0.2) is 0 Å². The average Bonchev–Trinajstić information content (AvgIpc) is 2.97. The van der Waals surface area contributed by atoms with Crippen molar-refractivity contribution in [2.24, 2.45) is 0 Å². The molecule has 1 unspecified atom stereocenters. The lowest BCUT2D eigenvalue weighted by Crippen LogP contribution is -2.49. The molecule has 1 aliphatic heterocycles. The van der Waals surface area contributed by atoms with Crippen molar-refractivity contribution in [3.05, 3.63) is 36.0 Å². The highest BCUT2D eigenvalue weighted by atomic mass is 16.2. The van der Waals surface area contributed by atoms with Gasteiger partial charge in [0.25, 0.3) is 0 Å². The number of nitrogens with one attached hydrogen (secondary N) is 1. The topological polar surface area (TPSA) is 39.3 Å². The molecule has 4 heteroatoms. The monoisotopic (exact) mass is 285 g/mol. The molecule has 1 aromatic heterocycles. The van der Waals surface area contributed by atoms with Crippen LogP contribution < -0.4 is 0 Å². The minimum Gasteiger partial charge on any atom is -0.358 e. The maximum atomic E-state index is 12.7. The molecule has 0 spiro atoms. The second kappa shape index (κ2) is 5.90. The molecule has 1 N–H and O–H groups in total. The number of rotatable bonds is 3. The van der Waals surface area contributed by atoms with Crippen LogP contribution >= 0.6 is 0 Å². The van der Waals surface area contributed by atoms with Crippen LogP contribution in [-0.4, -0.2) is 53.4 Å². The van der Waals surface area contributed by atoms with Gasteiger partial charge in [-0.25, -0.2) is 0 Å². The summed E-state index contributed by atoms with van der Waals surface area (Å²) in [6, 6.07) is 10.3. The third-order valence-corrected chi connectivity index (χ3v) is 4.52. The fourth-order valence-corrected chi connectivity index (χ4v) is 3.02. The van der Waals surface area contributed by atoms with Gasteiger partial charge >= 0.3 is 0 Å². The zero-order valence-corrected chi connectivity index (χ0v) is 12.8. The van der Waals surface area contributed by atoms with Gasteiger partial charge in [-0.3, -0.25) is 4.79 Å². The Balaban J connectivity index is 1.72. The van der Waals surface area contributed by atoms with Gasteiger partial charge in [0.1, 0.15) is 0 Å². The van der Waals surface area contributed by atoms with Crippen LogP contribution in [0.1, 0.15) is 25.5 Å². The summed E-state index contributed by atoms with van der Waals surface area (Å²) < 4.78 is 0. The van der Waals surface area contributed by atoms with Crippen LogP contribution in [0, 0.1) is 0 Å². The lowest BCUT2D eigenvalue weighted by Gasteiger charge is -2.35. The van der Waals surface area contributed by atoms with Gasteiger partial charge in [0, 0.05) is 37.4 Å². The SMILES string of the molecule is CCN1CCN(C(=O)C(C)c2cc3ccccc3[nH]2)CC1. The Kier molecular flexibility index (Phi) is 3.97. The average molecular weight is 285 g/mol. The predicted octanol–water partition coefficient (Wildman–Crippen LogP) is 2.44. The number of aromatic amines is 1. The van der Waals surface area contributed by atoms with Crippen molar-refractivity contribution < 1.29 is 4.79 Å². The molecule has 1 atom stereocenters. The van der Waals surface area contributed by atoms with E-state index in [0.29, 0.717) is 0 Å². The number of carbonyl (C=O) groups is 1. The van der Waals surface area contributed by atoms with Crippen molar-refractivity contribution in [3.8, 4) is 0 Å². The highest BCUT2D eigenvalue weighted by Gasteiger charge is 2.26. The van der Waals surface area contributed by atoms with Crippen LogP contribution in [-0.2, 0) is 4.79 Å². The molecule has 2 aromatic rings. The summed E-state index contributed by atoms with van der Waals surface area (Å²) in [7, 11) is 0. The second-order valence-corrected chi connectivity index (χ2v) is 5.79. The number of fused-ring (bicyclic) bond motifs is 1. The molecule has 112 valence electrons. The molecule has 1 fully saturated rings. The summed E-state index contributed by atoms with van der Waals surface area (Å²) in [6.07, 6.45) is 0. The first-order valence-corrected chi connectivity index (χ1v) is 7.78. The van der Waals surface area contributed by atoms with Crippen molar-refractivity contribution >= 4 is 16.8 Å². The van der Waals surface area contributed by atoms with Crippen LogP contribution in [0.3, 0.4) is 0 Å². The first-order valence-electron chi connectivity index (χ1n) is 7.78. The van der Waals surface area contributed by atoms with Crippen LogP contribution in [0.4, 0.5) is 0 Å². The Morgan fingerprint density at radius 3 is 2.62 bits per heavy atom. The highest BCUT2D eigenvalue weighted by Crippen LogP contribution is 2.23. The van der Waals surface area contributed by atoms with Gasteiger partial charge in [-0.1, -0.05) is 25.1 Å². The van der Waals surface area contributed by atoms with Crippen molar-refractivity contribution in [2.75, 3.05) is 32.7 Å². The molecule has 1 amide bonds. The van der Waals surface area contributed by atoms with E-state index in [-0.39, 0.29) is 11.8 Å². The van der Waals surface area contributed by atoms with Crippen molar-refractivity contribution in [1.82, 2.24) is 14.8 Å². The lowest BCUT2D eigenvalue weighted by molar-refractivity contribution is -0.134. The summed E-state index contributed by atoms with van der Waals surface area (Å²) in [5, 5.41) is 1.17. The fraction of sp³-hybridized carbons (Fsp3) is 0.471. The zero-order valence-electron chi connectivity index (χ0n) is 12.8. The van der Waals surface area contributed by atoms with E-state index in [2.05, 4.69) is 35.0 Å². The van der Waals surface area contributed by atoms with E-state index in [1.165, 1.54) is 5.39 Å². The van der Waals surface area contributed by atoms with Gasteiger partial charge in [-0.05, 0) is 31.0 Å². The van der Waals surface area contributed by atoms with Gasteiger partial charge < -0.3 is 14.8 Å². The standard InChI is InChI=1S/C17H23N3O/c1-3-19-8-10-20(11-9-19)17(21)13(2)16-12-14-6-4-5-7-15(14)18-16/h4-7,12-13,18H,3,8-11H2,1-2H3. The van der Waals surface area contributed by atoms with Gasteiger partial charge in [-0.2, -0.15) is 0 Å². The molecular formula is C17H23N3O. The Labute approximate surface area is 125 Å². The summed E-state index contributed by atoms with van der Waals surface area (Å²) in [4.78, 5) is 20.4. The number of hydrogen-bond acceptors (Lipinski definition) is 2. The summed E-state index contributed by atoms with van der Waals surface area (Å²) in [5.74, 6) is 0.128. The van der Waals surface area contributed by atoms with Crippen LogP contribution in [0.5, 0.6) is 0 Å². The number of carbonyl (C=O) groups excluding carboxylic acids is 1. The number of hydrogen-bond donors (Lipinski definition) is 1. The first kappa shape index (κ1) is 14.1. The van der Waals surface area contributed by atoms with Crippen molar-refractivity contribution in [3.63, 3.8) is 0 Å². The molecule has 4 nitrogen and oxygen atoms in total. The number of benzene rings is 1. The second-order valence-electron chi connectivity index (χ2n) is 5.79. The number of amides is 1. The molecule has 2 heterocycles. The third-order valence-electron chi connectivity index (χ3n) is 4.52. The fourth-order valence-electron chi connectivity index (χ4n) is 3.02. The number of likely N-dealkylation sites (N-methyl/N-ethyl adjacent to an activating group) is 1. The molecule has 0 aliphatic carbocycles. The van der Waals surface area contributed by atoms with Crippen LogP contribution in [0.15, 0.2) is 30.3 Å². The minimum atomic E-state index is -0.106.